The first kappa shape index (κ1) is 45.0. The second-order valence-corrected chi connectivity index (χ2v) is 21.9. The summed E-state index contributed by atoms with van der Waals surface area (Å²) in [5.41, 5.74) is -3.18. The van der Waals surface area contributed by atoms with E-state index < -0.39 is 100 Å². The molecule has 0 fully saturated rings. The lowest BCUT2D eigenvalue weighted by Gasteiger charge is -2.29. The summed E-state index contributed by atoms with van der Waals surface area (Å²) in [5.74, 6) is -4.17. The highest BCUT2D eigenvalue weighted by molar-refractivity contribution is 7.86. The fourth-order valence-electron chi connectivity index (χ4n) is 7.77. The first-order chi connectivity index (χ1) is 26.3. The van der Waals surface area contributed by atoms with Crippen LogP contribution in [0.15, 0.2) is 76.2 Å². The summed E-state index contributed by atoms with van der Waals surface area (Å²) in [4.78, 5) is 12.2. The molecule has 1 unspecified atom stereocenters. The fourth-order valence-corrected chi connectivity index (χ4v) is 11.2. The van der Waals surface area contributed by atoms with Gasteiger partial charge in [0.15, 0.2) is 5.71 Å². The highest BCUT2D eigenvalue weighted by Crippen LogP contribution is 2.52. The van der Waals surface area contributed by atoms with E-state index in [1.165, 1.54) is 60.6 Å². The summed E-state index contributed by atoms with van der Waals surface area (Å²) in [7, 11) is -24.0. The number of anilines is 1. The number of nitrogens with zero attached hydrogens (tertiary/aromatic N) is 2. The van der Waals surface area contributed by atoms with Crippen molar-refractivity contribution in [3.63, 3.8) is 0 Å². The zero-order valence-electron chi connectivity index (χ0n) is 30.8. The number of benzene rings is 3. The summed E-state index contributed by atoms with van der Waals surface area (Å²) in [6.07, 6.45) is 3.58. The molecule has 0 saturated heterocycles. The Morgan fingerprint density at radius 2 is 1.45 bits per heavy atom. The highest BCUT2D eigenvalue weighted by atomic mass is 32.2. The van der Waals surface area contributed by atoms with E-state index in [1.807, 2.05) is 0 Å². The number of allylic oxidation sites excluding steroid dienone is 4. The predicted octanol–water partition coefficient (Wildman–Crippen LogP) is 2.73. The van der Waals surface area contributed by atoms with E-state index in [0.29, 0.717) is 5.39 Å². The van der Waals surface area contributed by atoms with Crippen molar-refractivity contribution in [3.8, 4) is 0 Å². The van der Waals surface area contributed by atoms with Gasteiger partial charge in [0.2, 0.25) is 5.69 Å². The zero-order valence-corrected chi connectivity index (χ0v) is 34.9. The number of carbonyl (C=O) groups is 1. The maximum Gasteiger partial charge on any atom is 0.335 e. The van der Waals surface area contributed by atoms with Crippen molar-refractivity contribution in [1.29, 1.82) is 0 Å². The second kappa shape index (κ2) is 15.2. The van der Waals surface area contributed by atoms with E-state index in [0.717, 1.165) is 24.3 Å². The first-order valence-corrected chi connectivity index (χ1v) is 24.6. The van der Waals surface area contributed by atoms with Gasteiger partial charge in [-0.25, -0.2) is 13.2 Å². The number of hydrogen-bond donors (Lipinski definition) is 5. The molecule has 0 aromatic heterocycles. The van der Waals surface area contributed by atoms with Crippen LogP contribution in [0.4, 0.5) is 11.4 Å². The quantitative estimate of drug-likeness (QED) is 0.108. The van der Waals surface area contributed by atoms with Gasteiger partial charge in [-0.05, 0) is 73.9 Å². The average molecular weight is 907 g/mol. The van der Waals surface area contributed by atoms with Crippen LogP contribution in [0, 0.1) is 0 Å². The van der Waals surface area contributed by atoms with Crippen LogP contribution in [-0.4, -0.2) is 117 Å². The fraction of sp³-hybridized carbons (Fsp3) is 0.353. The van der Waals surface area contributed by atoms with E-state index in [2.05, 4.69) is 0 Å². The minimum Gasteiger partial charge on any atom is -0.748 e. The number of hydrogen-bond acceptors (Lipinski definition) is 13. The van der Waals surface area contributed by atoms with E-state index in [9.17, 15) is 74.8 Å². The van der Waals surface area contributed by atoms with Crippen LogP contribution in [0.3, 0.4) is 0 Å². The Morgan fingerprint density at radius 3 is 2.00 bits per heavy atom. The lowest BCUT2D eigenvalue weighted by molar-refractivity contribution is -0.437. The molecule has 0 saturated carbocycles. The highest BCUT2D eigenvalue weighted by Gasteiger charge is 2.50. The second-order valence-electron chi connectivity index (χ2n) is 14.5. The molecule has 3 aromatic rings. The van der Waals surface area contributed by atoms with Crippen molar-refractivity contribution in [3.05, 3.63) is 83.1 Å². The maximum atomic E-state index is 12.7. The molecule has 0 bridgehead atoms. The van der Waals surface area contributed by atoms with Crippen LogP contribution in [-0.2, 0) is 61.4 Å². The van der Waals surface area contributed by atoms with Gasteiger partial charge in [0.1, 0.15) is 11.4 Å². The third kappa shape index (κ3) is 9.35. The van der Waals surface area contributed by atoms with Gasteiger partial charge in [0.25, 0.3) is 40.5 Å². The van der Waals surface area contributed by atoms with Gasteiger partial charge in [-0.15, -0.1) is 0 Å². The molecule has 58 heavy (non-hydrogen) atoms. The van der Waals surface area contributed by atoms with Gasteiger partial charge in [0.05, 0.1) is 48.5 Å². The minimum atomic E-state index is -5.08. The Hall–Kier alpha value is -4.11. The number of fused-ring (bicyclic) bond motifs is 4. The van der Waals surface area contributed by atoms with Gasteiger partial charge >= 0.3 is 5.97 Å². The third-order valence-electron chi connectivity index (χ3n) is 9.96. The van der Waals surface area contributed by atoms with Crippen LogP contribution in [0.5, 0.6) is 0 Å². The van der Waals surface area contributed by atoms with Crippen molar-refractivity contribution < 1.29 is 79.3 Å². The monoisotopic (exact) mass is 906 g/mol. The molecule has 1 atom stereocenters. The molecule has 0 spiro atoms. The largest absolute Gasteiger partial charge is 0.748 e. The summed E-state index contributed by atoms with van der Waals surface area (Å²) >= 11 is 0. The Kier molecular flexibility index (Phi) is 11.8. The van der Waals surface area contributed by atoms with Gasteiger partial charge in [-0.1, -0.05) is 18.2 Å². The number of carboxylic acids is 1. The number of carboxylic acid groups (broad SMARTS) is 1. The van der Waals surface area contributed by atoms with E-state index >= 15 is 0 Å². The molecule has 19 nitrogen and oxygen atoms in total. The summed E-state index contributed by atoms with van der Waals surface area (Å²) in [6, 6.07) is 8.52. The maximum absolute atomic E-state index is 12.7. The van der Waals surface area contributed by atoms with Crippen LogP contribution in [0.2, 0.25) is 0 Å². The Labute approximate surface area is 334 Å². The Bertz CT molecular complexity index is 2920. The van der Waals surface area contributed by atoms with Crippen LogP contribution < -0.4 is 4.90 Å². The molecule has 0 amide bonds. The predicted molar refractivity (Wildman–Crippen MR) is 208 cm³/mol. The summed E-state index contributed by atoms with van der Waals surface area (Å²) < 4.78 is 174. The van der Waals surface area contributed by atoms with Crippen molar-refractivity contribution in [2.24, 2.45) is 0 Å². The molecule has 24 heteroatoms. The van der Waals surface area contributed by atoms with E-state index in [1.54, 1.807) is 6.07 Å². The van der Waals surface area contributed by atoms with Crippen molar-refractivity contribution in [2.75, 3.05) is 35.2 Å². The zero-order chi connectivity index (χ0) is 43.6. The minimum absolute atomic E-state index is 0.0359. The molecule has 5 rings (SSSR count). The van der Waals surface area contributed by atoms with Gasteiger partial charge in [-0.2, -0.15) is 38.2 Å². The van der Waals surface area contributed by atoms with Crippen molar-refractivity contribution in [2.45, 2.75) is 54.2 Å². The standard InChI is InChI=1S/C34H38N2O17S5/c1-33(2)28(36(14-6-16-55(42,43)44)26-17-22(32(37)38)18-27(31(26)33)58(51,52)53)7-4-8-29-34(3,20-56(45,46)47)30-24-19-23(57(48,49)50)11-9-21(24)10-12-25(30)35(29)13-5-15-54(39,40)41/h4,7-12,17-19H,5-6,13-16,20H2,1-3H3,(H5-,37,38,39,40,41,42,43,44,45,46,47,48,49,50,51,52,53). The molecule has 316 valence electrons. The normalized spacial score (nSPS) is 19.4. The SMILES string of the molecule is CC1(C)C(/C=C/C=C2/N(CCCS(=O)(=O)[O-])c3ccc4ccc(S(=O)(=O)O)cc4c3C2(C)CS(=O)(=O)O)=[N+](CCCS(=O)(=O)O)c2cc(C(=O)O)cc(S(=O)(=O)O)c21. The smallest absolute Gasteiger partial charge is 0.335 e. The lowest BCUT2D eigenvalue weighted by atomic mass is 9.80. The van der Waals surface area contributed by atoms with Crippen molar-refractivity contribution >= 4 is 84.4 Å². The molecule has 2 aliphatic heterocycles. The number of rotatable bonds is 15. The van der Waals surface area contributed by atoms with E-state index in [4.69, 9.17) is 0 Å². The molecule has 5 N–H and O–H groups in total. The summed E-state index contributed by atoms with van der Waals surface area (Å²) in [5, 5.41) is 10.3. The van der Waals surface area contributed by atoms with Crippen molar-refractivity contribution in [1.82, 2.24) is 0 Å². The molecule has 3 aromatic carbocycles. The molecule has 0 aliphatic carbocycles. The molecule has 2 aliphatic rings. The van der Waals surface area contributed by atoms with Gasteiger partial charge < -0.3 is 14.6 Å². The first-order valence-electron chi connectivity index (χ1n) is 16.9. The lowest BCUT2D eigenvalue weighted by Crippen LogP contribution is -2.35. The Balaban J connectivity index is 1.80. The van der Waals surface area contributed by atoms with Gasteiger partial charge in [0, 0.05) is 42.2 Å². The van der Waals surface area contributed by atoms with Gasteiger partial charge in [-0.3, -0.25) is 18.2 Å². The van der Waals surface area contributed by atoms with Crippen LogP contribution in [0.1, 0.15) is 55.1 Å². The Morgan fingerprint density at radius 1 is 0.810 bits per heavy atom. The molecule has 0 radical (unpaired) electrons. The average Bonchev–Trinajstić information content (AvgIpc) is 3.40. The third-order valence-corrected chi connectivity index (χ3v) is 14.2. The molecular weight excluding hydrogens is 869 g/mol. The number of aromatic carboxylic acids is 1. The molecular formula is C34H38N2O17S5. The topological polar surface area (TPSA) is 318 Å². The van der Waals surface area contributed by atoms with Crippen LogP contribution >= 0.6 is 0 Å². The summed E-state index contributed by atoms with van der Waals surface area (Å²) in [6.45, 7) is 3.98. The molecule has 2 heterocycles. The van der Waals surface area contributed by atoms with Crippen LogP contribution in [0.25, 0.3) is 10.8 Å². The van der Waals surface area contributed by atoms with E-state index in [-0.39, 0.29) is 65.2 Å².